The van der Waals surface area contributed by atoms with Gasteiger partial charge < -0.3 is 4.57 Å². The first-order chi connectivity index (χ1) is 8.27. The zero-order chi connectivity index (χ0) is 12.1. The second-order valence-electron chi connectivity index (χ2n) is 5.54. The van der Waals surface area contributed by atoms with Crippen molar-refractivity contribution < 1.29 is 0 Å². The molecule has 0 aromatic heterocycles. The summed E-state index contributed by atoms with van der Waals surface area (Å²) in [6.07, 6.45) is 7.19. The molecule has 1 nitrogen and oxygen atoms in total. The van der Waals surface area contributed by atoms with Crippen molar-refractivity contribution in [2.45, 2.75) is 58.0 Å². The third kappa shape index (κ3) is 3.68. The van der Waals surface area contributed by atoms with Crippen LogP contribution in [0.1, 0.15) is 46.0 Å². The van der Waals surface area contributed by atoms with Crippen molar-refractivity contribution in [3.05, 3.63) is 30.3 Å². The van der Waals surface area contributed by atoms with E-state index < -0.39 is 0 Å². The molecule has 0 aliphatic heterocycles. The predicted molar refractivity (Wildman–Crippen MR) is 78.5 cm³/mol. The first kappa shape index (κ1) is 12.8. The standard InChI is InChI=1S/C15H25NSi/c1-13(2)16(14-9-5-3-6-10-14)17-15-11-7-4-8-12-15/h4,7-8,11-14H,3,5-6,9-10,17H2,1-2H3. The van der Waals surface area contributed by atoms with Crippen molar-refractivity contribution in [2.24, 2.45) is 0 Å². The fourth-order valence-electron chi connectivity index (χ4n) is 2.94. The van der Waals surface area contributed by atoms with Crippen LogP contribution in [0.4, 0.5) is 0 Å². The van der Waals surface area contributed by atoms with E-state index in [2.05, 4.69) is 48.7 Å². The summed E-state index contributed by atoms with van der Waals surface area (Å²) in [6.45, 7) is 4.73. The minimum atomic E-state index is -0.256. The zero-order valence-corrected chi connectivity index (χ0v) is 12.6. The van der Waals surface area contributed by atoms with Gasteiger partial charge in [0.05, 0.1) is 0 Å². The minimum absolute atomic E-state index is 0.256. The van der Waals surface area contributed by atoms with Gasteiger partial charge in [-0.3, -0.25) is 0 Å². The third-order valence-electron chi connectivity index (χ3n) is 3.91. The molecule has 0 spiro atoms. The van der Waals surface area contributed by atoms with Gasteiger partial charge in [0, 0.05) is 6.04 Å². The van der Waals surface area contributed by atoms with E-state index in [1.54, 1.807) is 5.19 Å². The van der Waals surface area contributed by atoms with E-state index in [1.165, 1.54) is 32.1 Å². The summed E-state index contributed by atoms with van der Waals surface area (Å²) in [4.78, 5) is 0. The van der Waals surface area contributed by atoms with E-state index in [-0.39, 0.29) is 9.68 Å². The van der Waals surface area contributed by atoms with E-state index in [9.17, 15) is 0 Å². The van der Waals surface area contributed by atoms with Crippen LogP contribution in [0.3, 0.4) is 0 Å². The lowest BCUT2D eigenvalue weighted by atomic mass is 9.95. The molecular formula is C15H25NSi. The third-order valence-corrected chi connectivity index (χ3v) is 6.36. The van der Waals surface area contributed by atoms with Crippen LogP contribution in [0.15, 0.2) is 30.3 Å². The van der Waals surface area contributed by atoms with Gasteiger partial charge in [-0.2, -0.15) is 0 Å². The lowest BCUT2D eigenvalue weighted by molar-refractivity contribution is 0.224. The van der Waals surface area contributed by atoms with Gasteiger partial charge in [0.2, 0.25) is 0 Å². The Labute approximate surface area is 108 Å². The molecule has 0 amide bonds. The highest BCUT2D eigenvalue weighted by atomic mass is 28.2. The van der Waals surface area contributed by atoms with Gasteiger partial charge in [0.15, 0.2) is 0 Å². The van der Waals surface area contributed by atoms with Crippen LogP contribution in [-0.2, 0) is 0 Å². The molecule has 1 aliphatic carbocycles. The lowest BCUT2D eigenvalue weighted by Crippen LogP contribution is -2.48. The fourth-order valence-corrected chi connectivity index (χ4v) is 4.83. The normalized spacial score (nSPS) is 18.6. The number of rotatable bonds is 4. The van der Waals surface area contributed by atoms with Crippen LogP contribution in [-0.4, -0.2) is 26.3 Å². The maximum Gasteiger partial charge on any atom is 0.127 e. The van der Waals surface area contributed by atoms with Gasteiger partial charge in [-0.1, -0.05) is 63.4 Å². The van der Waals surface area contributed by atoms with Gasteiger partial charge in [-0.15, -0.1) is 0 Å². The Balaban J connectivity index is 2.01. The SMILES string of the molecule is CC(C)N([SiH2]c1ccccc1)C1CCCCC1. The van der Waals surface area contributed by atoms with E-state index in [4.69, 9.17) is 0 Å². The van der Waals surface area contributed by atoms with Gasteiger partial charge >= 0.3 is 0 Å². The molecular weight excluding hydrogens is 222 g/mol. The van der Waals surface area contributed by atoms with Crippen LogP contribution in [0.25, 0.3) is 0 Å². The van der Waals surface area contributed by atoms with Crippen molar-refractivity contribution in [2.75, 3.05) is 0 Å². The highest BCUT2D eigenvalue weighted by Crippen LogP contribution is 2.23. The molecule has 1 aromatic rings. The van der Waals surface area contributed by atoms with E-state index >= 15 is 0 Å². The Morgan fingerprint density at radius 2 is 1.71 bits per heavy atom. The largest absolute Gasteiger partial charge is 0.320 e. The molecule has 0 unspecified atom stereocenters. The molecule has 1 fully saturated rings. The quantitative estimate of drug-likeness (QED) is 0.739. The summed E-state index contributed by atoms with van der Waals surface area (Å²) in [5.41, 5.74) is 0. The summed E-state index contributed by atoms with van der Waals surface area (Å²) >= 11 is 0. The number of hydrogen-bond acceptors (Lipinski definition) is 1. The Hall–Kier alpha value is -0.603. The highest BCUT2D eigenvalue weighted by molar-refractivity contribution is 6.50. The summed E-state index contributed by atoms with van der Waals surface area (Å²) in [6, 6.07) is 12.7. The van der Waals surface area contributed by atoms with Crippen molar-refractivity contribution in [1.29, 1.82) is 0 Å². The molecule has 2 heteroatoms. The van der Waals surface area contributed by atoms with E-state index in [0.717, 1.165) is 6.04 Å². The molecule has 1 aliphatic rings. The number of nitrogens with zero attached hydrogens (tertiary/aromatic N) is 1. The second-order valence-corrected chi connectivity index (χ2v) is 7.41. The second kappa shape index (κ2) is 6.36. The number of hydrogen-bond donors (Lipinski definition) is 0. The van der Waals surface area contributed by atoms with Gasteiger partial charge in [0.25, 0.3) is 0 Å². The highest BCUT2D eigenvalue weighted by Gasteiger charge is 2.23. The summed E-state index contributed by atoms with van der Waals surface area (Å²) < 4.78 is 2.83. The molecule has 0 saturated heterocycles. The van der Waals surface area contributed by atoms with Crippen molar-refractivity contribution in [3.63, 3.8) is 0 Å². The maximum absolute atomic E-state index is 2.83. The van der Waals surface area contributed by atoms with Crippen LogP contribution >= 0.6 is 0 Å². The smallest absolute Gasteiger partial charge is 0.127 e. The van der Waals surface area contributed by atoms with Gasteiger partial charge in [0.1, 0.15) is 9.68 Å². The maximum atomic E-state index is 2.83. The lowest BCUT2D eigenvalue weighted by Gasteiger charge is -2.37. The molecule has 0 atom stereocenters. The van der Waals surface area contributed by atoms with Crippen molar-refractivity contribution in [1.82, 2.24) is 4.57 Å². The topological polar surface area (TPSA) is 3.24 Å². The van der Waals surface area contributed by atoms with Crippen LogP contribution in [0, 0.1) is 0 Å². The van der Waals surface area contributed by atoms with Crippen LogP contribution in [0.2, 0.25) is 0 Å². The van der Waals surface area contributed by atoms with Gasteiger partial charge in [-0.05, 0) is 24.1 Å². The minimum Gasteiger partial charge on any atom is -0.320 e. The Morgan fingerprint density at radius 1 is 1.06 bits per heavy atom. The summed E-state index contributed by atoms with van der Waals surface area (Å²) in [5, 5.41) is 1.59. The molecule has 17 heavy (non-hydrogen) atoms. The first-order valence-corrected chi connectivity index (χ1v) is 8.41. The first-order valence-electron chi connectivity index (χ1n) is 7.07. The van der Waals surface area contributed by atoms with Crippen LogP contribution < -0.4 is 5.19 Å². The number of benzene rings is 1. The Kier molecular flexibility index (Phi) is 4.81. The van der Waals surface area contributed by atoms with E-state index in [1.807, 2.05) is 0 Å². The molecule has 2 rings (SSSR count). The molecule has 0 heterocycles. The molecule has 94 valence electrons. The summed E-state index contributed by atoms with van der Waals surface area (Å²) in [5.74, 6) is 0. The Morgan fingerprint density at radius 3 is 2.29 bits per heavy atom. The monoisotopic (exact) mass is 247 g/mol. The molecule has 1 saturated carbocycles. The average Bonchev–Trinajstić information content (AvgIpc) is 2.38. The molecule has 0 N–H and O–H groups in total. The van der Waals surface area contributed by atoms with Crippen LogP contribution in [0.5, 0.6) is 0 Å². The van der Waals surface area contributed by atoms with Crippen molar-refractivity contribution in [3.8, 4) is 0 Å². The van der Waals surface area contributed by atoms with Crippen molar-refractivity contribution >= 4 is 14.9 Å². The molecule has 1 aromatic carbocycles. The van der Waals surface area contributed by atoms with E-state index in [0.29, 0.717) is 6.04 Å². The predicted octanol–water partition coefficient (Wildman–Crippen LogP) is 2.44. The molecule has 0 radical (unpaired) electrons. The Bertz CT molecular complexity index is 317. The summed E-state index contributed by atoms with van der Waals surface area (Å²) in [7, 11) is -0.256. The zero-order valence-electron chi connectivity index (χ0n) is 11.2. The average molecular weight is 247 g/mol. The molecule has 0 bridgehead atoms. The van der Waals surface area contributed by atoms with Gasteiger partial charge in [-0.25, -0.2) is 0 Å². The fraction of sp³-hybridized carbons (Fsp3) is 0.600.